The molecule has 2 rings (SSSR count). The second-order valence-corrected chi connectivity index (χ2v) is 4.21. The normalized spacial score (nSPS) is 16.7. The average molecular weight is 223 g/mol. The van der Waals surface area contributed by atoms with E-state index in [1.54, 1.807) is 0 Å². The number of hydrogen-bond acceptors (Lipinski definition) is 2. The molecule has 0 aliphatic carbocycles. The van der Waals surface area contributed by atoms with Gasteiger partial charge in [0.05, 0.1) is 0 Å². The molecule has 0 aromatic heterocycles. The molecule has 1 aliphatic heterocycles. The Labute approximate surface area is 95.4 Å². The van der Waals surface area contributed by atoms with Crippen LogP contribution < -0.4 is 5.32 Å². The van der Waals surface area contributed by atoms with Gasteiger partial charge < -0.3 is 5.32 Å². The van der Waals surface area contributed by atoms with Crippen molar-refractivity contribution in [3.05, 3.63) is 29.3 Å². The van der Waals surface area contributed by atoms with Crippen LogP contribution in [0.4, 0.5) is 5.69 Å². The molecular weight excluding hydrogens is 208 g/mol. The average Bonchev–Trinajstić information content (AvgIpc) is 2.46. The lowest BCUT2D eigenvalue weighted by atomic mass is 10.2. The number of hydrogen-bond donors (Lipinski definition) is 1. The topological polar surface area (TPSA) is 24.4 Å². The van der Waals surface area contributed by atoms with Gasteiger partial charge in [0, 0.05) is 23.7 Å². The van der Waals surface area contributed by atoms with E-state index in [9.17, 15) is 0 Å². The molecule has 1 aromatic carbocycles. The van der Waals surface area contributed by atoms with E-state index in [4.69, 9.17) is 11.6 Å². The first kappa shape index (κ1) is 10.5. The van der Waals surface area contributed by atoms with Gasteiger partial charge in [0.1, 0.15) is 5.84 Å². The molecule has 1 N–H and O–H groups in total. The molecule has 0 amide bonds. The van der Waals surface area contributed by atoms with E-state index >= 15 is 0 Å². The summed E-state index contributed by atoms with van der Waals surface area (Å²) in [5.41, 5.74) is 1.03. The lowest BCUT2D eigenvalue weighted by Gasteiger charge is -2.08. The van der Waals surface area contributed by atoms with Crippen LogP contribution in [0.15, 0.2) is 29.3 Å². The zero-order chi connectivity index (χ0) is 10.5. The van der Waals surface area contributed by atoms with Crippen molar-refractivity contribution in [1.82, 2.24) is 0 Å². The standard InChI is InChI=1S/C12H15ClN2/c13-10-5-4-6-11(9-10)15-12-7-2-1-3-8-14-12/h4-6,9H,1-3,7-8H2,(H,14,15). The highest BCUT2D eigenvalue weighted by Crippen LogP contribution is 2.16. The molecule has 1 aromatic rings. The molecule has 3 heteroatoms. The van der Waals surface area contributed by atoms with Crippen LogP contribution >= 0.6 is 11.6 Å². The number of nitrogens with one attached hydrogen (secondary N) is 1. The van der Waals surface area contributed by atoms with Gasteiger partial charge in [-0.1, -0.05) is 24.1 Å². The third-order valence-corrected chi connectivity index (χ3v) is 2.72. The number of rotatable bonds is 1. The van der Waals surface area contributed by atoms with Gasteiger partial charge in [-0.15, -0.1) is 0 Å². The van der Waals surface area contributed by atoms with Crippen molar-refractivity contribution in [2.24, 2.45) is 4.99 Å². The summed E-state index contributed by atoms with van der Waals surface area (Å²) in [6.07, 6.45) is 4.77. The van der Waals surface area contributed by atoms with Crippen LogP contribution in [0, 0.1) is 0 Å². The minimum Gasteiger partial charge on any atom is -0.344 e. The molecule has 0 saturated heterocycles. The van der Waals surface area contributed by atoms with Gasteiger partial charge in [0.15, 0.2) is 0 Å². The van der Waals surface area contributed by atoms with Crippen molar-refractivity contribution in [3.8, 4) is 0 Å². The maximum absolute atomic E-state index is 5.91. The molecule has 15 heavy (non-hydrogen) atoms. The molecule has 0 bridgehead atoms. The SMILES string of the molecule is Clc1cccc(NC2=NCCCCC2)c1. The van der Waals surface area contributed by atoms with E-state index in [1.165, 1.54) is 19.3 Å². The van der Waals surface area contributed by atoms with Crippen LogP contribution in [0.1, 0.15) is 25.7 Å². The van der Waals surface area contributed by atoms with Gasteiger partial charge in [-0.3, -0.25) is 4.99 Å². The summed E-state index contributed by atoms with van der Waals surface area (Å²) in [5, 5.41) is 4.09. The highest BCUT2D eigenvalue weighted by molar-refractivity contribution is 6.30. The van der Waals surface area contributed by atoms with Crippen LogP contribution in [0.2, 0.25) is 5.02 Å². The molecule has 0 radical (unpaired) electrons. The predicted octanol–water partition coefficient (Wildman–Crippen LogP) is 3.72. The minimum atomic E-state index is 0.759. The van der Waals surface area contributed by atoms with Crippen LogP contribution in [-0.2, 0) is 0 Å². The third-order valence-electron chi connectivity index (χ3n) is 2.49. The number of benzene rings is 1. The van der Waals surface area contributed by atoms with Crippen molar-refractivity contribution in [2.75, 3.05) is 11.9 Å². The lowest BCUT2D eigenvalue weighted by Crippen LogP contribution is -2.11. The quantitative estimate of drug-likeness (QED) is 0.770. The molecule has 1 aliphatic rings. The predicted molar refractivity (Wildman–Crippen MR) is 65.8 cm³/mol. The number of amidine groups is 1. The van der Waals surface area contributed by atoms with Crippen LogP contribution in [0.25, 0.3) is 0 Å². The van der Waals surface area contributed by atoms with Gasteiger partial charge in [0.25, 0.3) is 0 Å². The van der Waals surface area contributed by atoms with Crippen molar-refractivity contribution in [2.45, 2.75) is 25.7 Å². The van der Waals surface area contributed by atoms with Crippen LogP contribution in [0.5, 0.6) is 0 Å². The van der Waals surface area contributed by atoms with E-state index < -0.39 is 0 Å². The fourth-order valence-corrected chi connectivity index (χ4v) is 1.90. The van der Waals surface area contributed by atoms with Gasteiger partial charge in [-0.2, -0.15) is 0 Å². The molecule has 1 heterocycles. The number of aliphatic imine (C=N–C) groups is 1. The highest BCUT2D eigenvalue weighted by Gasteiger charge is 2.04. The zero-order valence-corrected chi connectivity index (χ0v) is 9.43. The van der Waals surface area contributed by atoms with Gasteiger partial charge in [-0.25, -0.2) is 0 Å². The maximum Gasteiger partial charge on any atom is 0.101 e. The molecule has 0 fully saturated rings. The largest absolute Gasteiger partial charge is 0.344 e. The number of nitrogens with zero attached hydrogens (tertiary/aromatic N) is 1. The van der Waals surface area contributed by atoms with Gasteiger partial charge in [0.2, 0.25) is 0 Å². The summed E-state index contributed by atoms with van der Waals surface area (Å²) in [6.45, 7) is 0.947. The second-order valence-electron chi connectivity index (χ2n) is 3.77. The smallest absolute Gasteiger partial charge is 0.101 e. The highest BCUT2D eigenvalue weighted by atomic mass is 35.5. The Morgan fingerprint density at radius 2 is 2.13 bits per heavy atom. The van der Waals surface area contributed by atoms with Crippen molar-refractivity contribution in [3.63, 3.8) is 0 Å². The first-order valence-corrected chi connectivity index (χ1v) is 5.78. The summed E-state index contributed by atoms with van der Waals surface area (Å²) >= 11 is 5.91. The third kappa shape index (κ3) is 3.24. The number of halogens is 1. The molecule has 80 valence electrons. The molecule has 0 saturated carbocycles. The summed E-state index contributed by atoms with van der Waals surface area (Å²) in [4.78, 5) is 4.51. The molecule has 0 spiro atoms. The van der Waals surface area contributed by atoms with Crippen molar-refractivity contribution >= 4 is 23.1 Å². The van der Waals surface area contributed by atoms with Crippen molar-refractivity contribution < 1.29 is 0 Å². The monoisotopic (exact) mass is 222 g/mol. The second kappa shape index (κ2) is 5.17. The van der Waals surface area contributed by atoms with Crippen LogP contribution in [0.3, 0.4) is 0 Å². The number of anilines is 1. The minimum absolute atomic E-state index is 0.759. The fraction of sp³-hybridized carbons (Fsp3) is 0.417. The molecule has 2 nitrogen and oxygen atoms in total. The van der Waals surface area contributed by atoms with Crippen LogP contribution in [-0.4, -0.2) is 12.4 Å². The zero-order valence-electron chi connectivity index (χ0n) is 8.67. The Morgan fingerprint density at radius 3 is 3.00 bits per heavy atom. The summed E-state index contributed by atoms with van der Waals surface area (Å²) in [6, 6.07) is 7.76. The Balaban J connectivity index is 2.04. The maximum atomic E-state index is 5.91. The van der Waals surface area contributed by atoms with E-state index in [0.29, 0.717) is 0 Å². The lowest BCUT2D eigenvalue weighted by molar-refractivity contribution is 0.731. The summed E-state index contributed by atoms with van der Waals surface area (Å²) < 4.78 is 0. The summed E-state index contributed by atoms with van der Waals surface area (Å²) in [7, 11) is 0. The Bertz CT molecular complexity index is 360. The Kier molecular flexibility index (Phi) is 3.62. The first-order chi connectivity index (χ1) is 7.34. The van der Waals surface area contributed by atoms with Crippen molar-refractivity contribution in [1.29, 1.82) is 0 Å². The first-order valence-electron chi connectivity index (χ1n) is 5.40. The summed E-state index contributed by atoms with van der Waals surface area (Å²) in [5.74, 6) is 1.09. The Morgan fingerprint density at radius 1 is 1.20 bits per heavy atom. The molecule has 0 atom stereocenters. The Hall–Kier alpha value is -1.02. The van der Waals surface area contributed by atoms with Gasteiger partial charge >= 0.3 is 0 Å². The van der Waals surface area contributed by atoms with E-state index in [1.807, 2.05) is 24.3 Å². The van der Waals surface area contributed by atoms with E-state index in [-0.39, 0.29) is 0 Å². The fourth-order valence-electron chi connectivity index (χ4n) is 1.71. The molecular formula is C12H15ClN2. The van der Waals surface area contributed by atoms with Gasteiger partial charge in [-0.05, 0) is 31.0 Å². The molecule has 0 unspecified atom stereocenters. The van der Waals surface area contributed by atoms with E-state index in [0.717, 1.165) is 29.5 Å². The van der Waals surface area contributed by atoms with E-state index in [2.05, 4.69) is 10.3 Å².